The second-order valence-electron chi connectivity index (χ2n) is 8.64. The van der Waals surface area contributed by atoms with Crippen molar-refractivity contribution in [2.75, 3.05) is 13.6 Å². The van der Waals surface area contributed by atoms with E-state index in [0.717, 1.165) is 34.8 Å². The molecule has 4 rings (SSSR count). The number of benzene rings is 2. The quantitative estimate of drug-likeness (QED) is 0.303. The topological polar surface area (TPSA) is 56.7 Å². The van der Waals surface area contributed by atoms with Crippen LogP contribution in [-0.4, -0.2) is 39.5 Å². The van der Waals surface area contributed by atoms with E-state index in [-0.39, 0.29) is 6.54 Å². The minimum Gasteiger partial charge on any atom is -0.480 e. The number of aromatic nitrogens is 1. The van der Waals surface area contributed by atoms with Gasteiger partial charge in [0.2, 0.25) is 0 Å². The van der Waals surface area contributed by atoms with Crippen LogP contribution < -0.4 is 0 Å². The highest BCUT2D eigenvalue weighted by Gasteiger charge is 2.15. The number of halogens is 2. The maximum atomic E-state index is 11.5. The number of rotatable bonds is 10. The van der Waals surface area contributed by atoms with Crippen molar-refractivity contribution in [1.82, 2.24) is 14.8 Å². The molecule has 0 atom stereocenters. The van der Waals surface area contributed by atoms with Crippen molar-refractivity contribution in [3.05, 3.63) is 116 Å². The van der Waals surface area contributed by atoms with Crippen LogP contribution in [0.1, 0.15) is 28.2 Å². The molecule has 0 radical (unpaired) electrons. The highest BCUT2D eigenvalue weighted by atomic mass is 35.5. The molecule has 0 unspecified atom stereocenters. The number of aliphatic carboxylic acids is 1. The van der Waals surface area contributed by atoms with E-state index in [4.69, 9.17) is 28.2 Å². The van der Waals surface area contributed by atoms with Crippen molar-refractivity contribution >= 4 is 46.1 Å². The Bertz CT molecular complexity index is 1300. The van der Waals surface area contributed by atoms with E-state index in [2.05, 4.69) is 60.5 Å². The molecule has 1 heterocycles. The minimum absolute atomic E-state index is 0.0996. The molecular formula is C28H27Cl2N3O2S. The Kier molecular flexibility index (Phi) is 8.99. The smallest absolute Gasteiger partial charge is 0.317 e. The molecule has 5 nitrogen and oxygen atoms in total. The van der Waals surface area contributed by atoms with Crippen molar-refractivity contribution in [3.8, 4) is 0 Å². The molecule has 2 aromatic carbocycles. The predicted molar refractivity (Wildman–Crippen MR) is 148 cm³/mol. The molecule has 0 saturated heterocycles. The molecule has 1 aromatic heterocycles. The molecular weight excluding hydrogens is 513 g/mol. The molecule has 186 valence electrons. The molecule has 3 aromatic rings. The number of carbonyl (C=O) groups is 1. The van der Waals surface area contributed by atoms with Crippen LogP contribution in [-0.2, 0) is 24.4 Å². The third-order valence-corrected chi connectivity index (χ3v) is 7.36. The van der Waals surface area contributed by atoms with Crippen molar-refractivity contribution in [2.24, 2.45) is 0 Å². The van der Waals surface area contributed by atoms with Gasteiger partial charge in [0.25, 0.3) is 0 Å². The van der Waals surface area contributed by atoms with Crippen LogP contribution in [0.5, 0.6) is 0 Å². The lowest BCUT2D eigenvalue weighted by atomic mass is 10.2. The summed E-state index contributed by atoms with van der Waals surface area (Å²) in [6, 6.07) is 15.8. The lowest BCUT2D eigenvalue weighted by Gasteiger charge is -2.21. The Balaban J connectivity index is 1.45. The van der Waals surface area contributed by atoms with Gasteiger partial charge in [-0.3, -0.25) is 9.69 Å². The average Bonchev–Trinajstić information content (AvgIpc) is 3.16. The molecule has 1 N–H and O–H groups in total. The summed E-state index contributed by atoms with van der Waals surface area (Å²) in [5.41, 5.74) is 5.33. The zero-order valence-corrected chi connectivity index (χ0v) is 22.2. The summed E-state index contributed by atoms with van der Waals surface area (Å²) in [5, 5.41) is 13.2. The number of nitrogens with zero attached hydrogens (tertiary/aromatic N) is 3. The Hall–Kier alpha value is -2.90. The van der Waals surface area contributed by atoms with Crippen LogP contribution in [0.4, 0.5) is 0 Å². The highest BCUT2D eigenvalue weighted by Crippen LogP contribution is 2.26. The maximum Gasteiger partial charge on any atom is 0.317 e. The summed E-state index contributed by atoms with van der Waals surface area (Å²) >= 11 is 13.7. The largest absolute Gasteiger partial charge is 0.480 e. The summed E-state index contributed by atoms with van der Waals surface area (Å²) in [6.07, 6.45) is 9.36. The van der Waals surface area contributed by atoms with Crippen LogP contribution in [0.25, 0.3) is 5.57 Å². The first-order valence-electron chi connectivity index (χ1n) is 11.5. The van der Waals surface area contributed by atoms with E-state index in [0.29, 0.717) is 23.1 Å². The monoisotopic (exact) mass is 539 g/mol. The van der Waals surface area contributed by atoms with E-state index in [9.17, 15) is 9.90 Å². The van der Waals surface area contributed by atoms with Gasteiger partial charge in [0, 0.05) is 43.2 Å². The summed E-state index contributed by atoms with van der Waals surface area (Å²) < 4.78 is 0. The van der Waals surface area contributed by atoms with Gasteiger partial charge in [0.1, 0.15) is 5.01 Å². The third kappa shape index (κ3) is 7.31. The van der Waals surface area contributed by atoms with Crippen LogP contribution in [0.3, 0.4) is 0 Å². The fourth-order valence-corrected chi connectivity index (χ4v) is 5.16. The van der Waals surface area contributed by atoms with Crippen LogP contribution in [0.15, 0.2) is 83.9 Å². The van der Waals surface area contributed by atoms with Gasteiger partial charge in [-0.15, -0.1) is 11.3 Å². The molecule has 0 spiro atoms. The minimum atomic E-state index is -0.890. The lowest BCUT2D eigenvalue weighted by Crippen LogP contribution is -2.29. The Morgan fingerprint density at radius 1 is 1.03 bits per heavy atom. The molecule has 0 saturated carbocycles. The fraction of sp³-hybridized carbons (Fsp3) is 0.214. The van der Waals surface area contributed by atoms with Crippen molar-refractivity contribution in [3.63, 3.8) is 0 Å². The third-order valence-electron chi connectivity index (χ3n) is 5.79. The zero-order valence-electron chi connectivity index (χ0n) is 19.9. The van der Waals surface area contributed by atoms with E-state index in [1.54, 1.807) is 12.1 Å². The first-order valence-corrected chi connectivity index (χ1v) is 13.2. The van der Waals surface area contributed by atoms with E-state index >= 15 is 0 Å². The molecule has 8 heteroatoms. The van der Waals surface area contributed by atoms with Gasteiger partial charge in [0.05, 0.1) is 28.8 Å². The highest BCUT2D eigenvalue weighted by molar-refractivity contribution is 7.09. The van der Waals surface area contributed by atoms with Crippen molar-refractivity contribution in [2.45, 2.75) is 26.1 Å². The fourth-order valence-electron chi connectivity index (χ4n) is 3.99. The molecule has 0 bridgehead atoms. The Labute approximate surface area is 225 Å². The average molecular weight is 541 g/mol. The van der Waals surface area contributed by atoms with Crippen molar-refractivity contribution in [1.29, 1.82) is 0 Å². The van der Waals surface area contributed by atoms with E-state index in [1.165, 1.54) is 22.6 Å². The first-order chi connectivity index (χ1) is 17.4. The molecule has 0 fully saturated rings. The maximum absolute atomic E-state index is 11.5. The second-order valence-corrected chi connectivity index (χ2v) is 10.4. The molecule has 0 amide bonds. The molecule has 1 aliphatic rings. The Morgan fingerprint density at radius 2 is 1.83 bits per heavy atom. The standard InChI is InChI=1S/C28H27Cl2N3O2S/c1-32(15-20-6-3-2-4-7-20)23-9-5-8-22(11-12-23)26-19-36-27(31-26)17-33(18-28(34)35)16-21-10-13-24(29)25(30)14-21/h2-8,10-14,19H,9,15-18H2,1H3,(H,34,35). The van der Waals surface area contributed by atoms with E-state index < -0.39 is 5.97 Å². The van der Waals surface area contributed by atoms with Crippen LogP contribution in [0, 0.1) is 0 Å². The summed E-state index contributed by atoms with van der Waals surface area (Å²) in [6.45, 7) is 1.61. The van der Waals surface area contributed by atoms with Gasteiger partial charge >= 0.3 is 5.97 Å². The van der Waals surface area contributed by atoms with Gasteiger partial charge in [-0.05, 0) is 29.3 Å². The van der Waals surface area contributed by atoms with Crippen LogP contribution in [0.2, 0.25) is 10.0 Å². The number of hydrogen-bond donors (Lipinski definition) is 1. The van der Waals surface area contributed by atoms with Gasteiger partial charge in [-0.25, -0.2) is 4.98 Å². The van der Waals surface area contributed by atoms with Gasteiger partial charge in [-0.1, -0.05) is 77.8 Å². The summed E-state index contributed by atoms with van der Waals surface area (Å²) in [7, 11) is 2.11. The number of thiazole rings is 1. The van der Waals surface area contributed by atoms with Crippen molar-refractivity contribution < 1.29 is 9.90 Å². The number of carboxylic acids is 1. The SMILES string of the molecule is CN(Cc1ccccc1)C1=CC=C(c2csc(CN(CC(=O)O)Cc3ccc(Cl)c(Cl)c3)n2)C=CC1. The van der Waals surface area contributed by atoms with Gasteiger partial charge in [0.15, 0.2) is 0 Å². The second kappa shape index (κ2) is 12.4. The lowest BCUT2D eigenvalue weighted by molar-refractivity contribution is -0.138. The van der Waals surface area contributed by atoms with Crippen LogP contribution >= 0.6 is 34.5 Å². The molecule has 36 heavy (non-hydrogen) atoms. The zero-order chi connectivity index (χ0) is 25.5. The first kappa shape index (κ1) is 26.2. The normalized spacial score (nSPS) is 13.3. The molecule has 1 aliphatic carbocycles. The predicted octanol–water partition coefficient (Wildman–Crippen LogP) is 6.90. The summed E-state index contributed by atoms with van der Waals surface area (Å²) in [5.74, 6) is -0.890. The van der Waals surface area contributed by atoms with E-state index in [1.807, 2.05) is 22.4 Å². The molecule has 0 aliphatic heterocycles. The number of carboxylic acid groups (broad SMARTS) is 1. The number of hydrogen-bond acceptors (Lipinski definition) is 5. The van der Waals surface area contributed by atoms with Gasteiger partial charge in [-0.2, -0.15) is 0 Å². The Morgan fingerprint density at radius 3 is 2.58 bits per heavy atom. The summed E-state index contributed by atoms with van der Waals surface area (Å²) in [4.78, 5) is 20.4. The van der Waals surface area contributed by atoms with Gasteiger partial charge < -0.3 is 10.0 Å². The number of allylic oxidation sites excluding steroid dienone is 5.